The molecule has 1 aliphatic carbocycles. The molecule has 0 spiro atoms. The molecule has 1 aromatic carbocycles. The summed E-state index contributed by atoms with van der Waals surface area (Å²) in [5.74, 6) is 0.355. The summed E-state index contributed by atoms with van der Waals surface area (Å²) in [5.41, 5.74) is 0.394. The molecule has 0 unspecified atom stereocenters. The van der Waals surface area contributed by atoms with E-state index in [4.69, 9.17) is 0 Å². The molecule has 0 radical (unpaired) electrons. The second kappa shape index (κ2) is 10.0. The van der Waals surface area contributed by atoms with Gasteiger partial charge in [-0.05, 0) is 31.9 Å². The highest BCUT2D eigenvalue weighted by molar-refractivity contribution is 5.79. The molecule has 3 N–H and O–H groups in total. The van der Waals surface area contributed by atoms with Crippen molar-refractivity contribution in [2.45, 2.75) is 58.0 Å². The number of fused-ring (bicyclic) bond motifs is 1. The minimum absolute atomic E-state index is 0.0960. The number of nitrogens with one attached hydrogen (secondary N) is 3. The van der Waals surface area contributed by atoms with E-state index in [2.05, 4.69) is 20.6 Å². The van der Waals surface area contributed by atoms with Crippen molar-refractivity contribution in [1.82, 2.24) is 25.5 Å². The normalized spacial score (nSPS) is 14.5. The van der Waals surface area contributed by atoms with E-state index in [0.29, 0.717) is 23.3 Å². The van der Waals surface area contributed by atoms with Gasteiger partial charge in [0.25, 0.3) is 5.56 Å². The van der Waals surface area contributed by atoms with Crippen molar-refractivity contribution in [2.75, 3.05) is 13.1 Å². The van der Waals surface area contributed by atoms with Gasteiger partial charge in [0, 0.05) is 25.6 Å². The van der Waals surface area contributed by atoms with Gasteiger partial charge in [0.15, 0.2) is 0 Å². The first-order chi connectivity index (χ1) is 14.1. The smallest absolute Gasteiger partial charge is 0.315 e. The topological polar surface area (TPSA) is 107 Å². The molecular weight excluding hydrogens is 370 g/mol. The van der Waals surface area contributed by atoms with Gasteiger partial charge in [0.1, 0.15) is 5.82 Å². The minimum atomic E-state index is -0.215. The lowest BCUT2D eigenvalue weighted by Gasteiger charge is -2.23. The molecule has 2 aromatic rings. The Balaban J connectivity index is 1.50. The average molecular weight is 399 g/mol. The van der Waals surface area contributed by atoms with Gasteiger partial charge in [-0.1, -0.05) is 31.4 Å². The standard InChI is InChI=1S/C21H29N5O3/c1-2-26(14-18-24-17-11-7-6-10-16(17)20(28)25-18)19(27)12-13-22-21(29)23-15-8-4-3-5-9-15/h6-7,10-11,15H,2-5,8-9,12-14H2,1H3,(H2,22,23,29)(H,24,25,28). The van der Waals surface area contributed by atoms with Crippen molar-refractivity contribution >= 4 is 22.8 Å². The lowest BCUT2D eigenvalue weighted by molar-refractivity contribution is -0.131. The summed E-state index contributed by atoms with van der Waals surface area (Å²) in [6.45, 7) is 2.86. The summed E-state index contributed by atoms with van der Waals surface area (Å²) in [4.78, 5) is 45.5. The van der Waals surface area contributed by atoms with E-state index in [1.165, 1.54) is 6.42 Å². The van der Waals surface area contributed by atoms with Crippen molar-refractivity contribution < 1.29 is 9.59 Å². The summed E-state index contributed by atoms with van der Waals surface area (Å²) >= 11 is 0. The van der Waals surface area contributed by atoms with Gasteiger partial charge in [0.2, 0.25) is 5.91 Å². The molecule has 1 saturated carbocycles. The Labute approximate surface area is 170 Å². The highest BCUT2D eigenvalue weighted by Gasteiger charge is 2.17. The number of amides is 3. The Hall–Kier alpha value is -2.90. The van der Waals surface area contributed by atoms with Crippen LogP contribution in [0.2, 0.25) is 0 Å². The van der Waals surface area contributed by atoms with Gasteiger partial charge in [-0.3, -0.25) is 9.59 Å². The van der Waals surface area contributed by atoms with E-state index < -0.39 is 0 Å². The molecule has 3 rings (SSSR count). The molecule has 1 aliphatic rings. The highest BCUT2D eigenvalue weighted by Crippen LogP contribution is 2.17. The molecule has 8 nitrogen and oxygen atoms in total. The number of rotatable bonds is 7. The number of hydrogen-bond acceptors (Lipinski definition) is 4. The first-order valence-electron chi connectivity index (χ1n) is 10.4. The van der Waals surface area contributed by atoms with Crippen molar-refractivity contribution in [1.29, 1.82) is 0 Å². The number of H-pyrrole nitrogens is 1. The summed E-state index contributed by atoms with van der Waals surface area (Å²) in [6.07, 6.45) is 5.78. The van der Waals surface area contributed by atoms with Crippen LogP contribution in [0.15, 0.2) is 29.1 Å². The van der Waals surface area contributed by atoms with Crippen LogP contribution in [-0.4, -0.2) is 45.9 Å². The zero-order valence-corrected chi connectivity index (χ0v) is 16.9. The molecule has 1 fully saturated rings. The molecule has 0 saturated heterocycles. The molecule has 0 atom stereocenters. The van der Waals surface area contributed by atoms with Gasteiger partial charge >= 0.3 is 6.03 Å². The quantitative estimate of drug-likeness (QED) is 0.664. The van der Waals surface area contributed by atoms with Crippen LogP contribution in [0.5, 0.6) is 0 Å². The van der Waals surface area contributed by atoms with Crippen LogP contribution < -0.4 is 16.2 Å². The van der Waals surface area contributed by atoms with Crippen molar-refractivity contribution in [3.8, 4) is 0 Å². The fourth-order valence-electron chi connectivity index (χ4n) is 3.69. The number of nitrogens with zero attached hydrogens (tertiary/aromatic N) is 2. The van der Waals surface area contributed by atoms with Crippen molar-refractivity contribution in [3.63, 3.8) is 0 Å². The van der Waals surface area contributed by atoms with E-state index in [9.17, 15) is 14.4 Å². The highest BCUT2D eigenvalue weighted by atomic mass is 16.2. The Bertz CT molecular complexity index is 905. The number of hydrogen-bond donors (Lipinski definition) is 3. The van der Waals surface area contributed by atoms with Gasteiger partial charge in [-0.2, -0.15) is 0 Å². The van der Waals surface area contributed by atoms with E-state index in [1.54, 1.807) is 23.1 Å². The van der Waals surface area contributed by atoms with Gasteiger partial charge < -0.3 is 20.5 Å². The first-order valence-corrected chi connectivity index (χ1v) is 10.4. The SMILES string of the molecule is CCN(Cc1nc2ccccc2c(=O)[nH]1)C(=O)CCNC(=O)NC1CCCCC1. The fourth-order valence-corrected chi connectivity index (χ4v) is 3.69. The maximum Gasteiger partial charge on any atom is 0.315 e. The average Bonchev–Trinajstić information content (AvgIpc) is 2.72. The van der Waals surface area contributed by atoms with E-state index in [0.717, 1.165) is 25.7 Å². The Morgan fingerprint density at radius 3 is 2.72 bits per heavy atom. The molecule has 3 amide bonds. The summed E-state index contributed by atoms with van der Waals surface area (Å²) in [6, 6.07) is 7.14. The second-order valence-electron chi connectivity index (χ2n) is 7.42. The van der Waals surface area contributed by atoms with Gasteiger partial charge in [0.05, 0.1) is 17.4 Å². The molecule has 0 bridgehead atoms. The van der Waals surface area contributed by atoms with Gasteiger partial charge in [-0.25, -0.2) is 9.78 Å². The van der Waals surface area contributed by atoms with Crippen LogP contribution in [-0.2, 0) is 11.3 Å². The third-order valence-electron chi connectivity index (χ3n) is 5.30. The Kier molecular flexibility index (Phi) is 7.21. The van der Waals surface area contributed by atoms with E-state index in [-0.39, 0.29) is 43.0 Å². The number of aromatic amines is 1. The lowest BCUT2D eigenvalue weighted by Crippen LogP contribution is -2.44. The molecule has 29 heavy (non-hydrogen) atoms. The predicted molar refractivity (Wildman–Crippen MR) is 111 cm³/mol. The summed E-state index contributed by atoms with van der Waals surface area (Å²) in [7, 11) is 0. The Morgan fingerprint density at radius 2 is 1.97 bits per heavy atom. The zero-order chi connectivity index (χ0) is 20.6. The van der Waals surface area contributed by atoms with Crippen LogP contribution in [0, 0.1) is 0 Å². The van der Waals surface area contributed by atoms with Crippen LogP contribution in [0.25, 0.3) is 10.9 Å². The predicted octanol–water partition coefficient (Wildman–Crippen LogP) is 2.29. The van der Waals surface area contributed by atoms with Crippen LogP contribution in [0.3, 0.4) is 0 Å². The molecule has 8 heteroatoms. The molecule has 1 aromatic heterocycles. The summed E-state index contributed by atoms with van der Waals surface area (Å²) in [5, 5.41) is 6.27. The maximum absolute atomic E-state index is 12.5. The zero-order valence-electron chi connectivity index (χ0n) is 16.9. The minimum Gasteiger partial charge on any atom is -0.338 e. The lowest BCUT2D eigenvalue weighted by atomic mass is 9.96. The number of aromatic nitrogens is 2. The summed E-state index contributed by atoms with van der Waals surface area (Å²) < 4.78 is 0. The number of carbonyl (C=O) groups is 2. The second-order valence-corrected chi connectivity index (χ2v) is 7.42. The third kappa shape index (κ3) is 5.79. The largest absolute Gasteiger partial charge is 0.338 e. The van der Waals surface area contributed by atoms with E-state index in [1.807, 2.05) is 13.0 Å². The molecular formula is C21H29N5O3. The Morgan fingerprint density at radius 1 is 1.21 bits per heavy atom. The molecule has 156 valence electrons. The number of benzene rings is 1. The molecule has 0 aliphatic heterocycles. The van der Waals surface area contributed by atoms with Crippen molar-refractivity contribution in [3.05, 3.63) is 40.4 Å². The first kappa shape index (κ1) is 20.8. The fraction of sp³-hybridized carbons (Fsp3) is 0.524. The number of para-hydroxylation sites is 1. The number of urea groups is 1. The number of carbonyl (C=O) groups excluding carboxylic acids is 2. The van der Waals surface area contributed by atoms with Crippen LogP contribution in [0.1, 0.15) is 51.3 Å². The van der Waals surface area contributed by atoms with Crippen LogP contribution >= 0.6 is 0 Å². The monoisotopic (exact) mass is 399 g/mol. The van der Waals surface area contributed by atoms with Crippen molar-refractivity contribution in [2.24, 2.45) is 0 Å². The maximum atomic E-state index is 12.5. The van der Waals surface area contributed by atoms with Gasteiger partial charge in [-0.15, -0.1) is 0 Å². The van der Waals surface area contributed by atoms with Crippen LogP contribution in [0.4, 0.5) is 4.79 Å². The molecule has 1 heterocycles. The third-order valence-corrected chi connectivity index (χ3v) is 5.30. The van der Waals surface area contributed by atoms with E-state index >= 15 is 0 Å².